The van der Waals surface area contributed by atoms with Crippen LogP contribution >= 0.6 is 0 Å². The molecule has 6 rings (SSSR count). The van der Waals surface area contributed by atoms with E-state index in [2.05, 4.69) is 65.0 Å². The van der Waals surface area contributed by atoms with Gasteiger partial charge in [-0.1, -0.05) is 72.2 Å². The van der Waals surface area contributed by atoms with E-state index in [9.17, 15) is 4.79 Å². The number of benzene rings is 6. The van der Waals surface area contributed by atoms with Gasteiger partial charge >= 0.3 is 5.97 Å². The molecule has 0 atom stereocenters. The summed E-state index contributed by atoms with van der Waals surface area (Å²) >= 11 is 0. The molecule has 0 amide bonds. The molecule has 0 unspecified atom stereocenters. The van der Waals surface area contributed by atoms with Gasteiger partial charge < -0.3 is 19.5 Å². The van der Waals surface area contributed by atoms with Crippen molar-refractivity contribution in [3.63, 3.8) is 0 Å². The average molecular weight is 703 g/mol. The number of nitrogens with zero attached hydrogens (tertiary/aromatic N) is 2. The number of carboxylic acids is 1. The molecule has 0 aliphatic carbocycles. The Hall–Kier alpha value is -7.72. The van der Waals surface area contributed by atoms with Gasteiger partial charge in [0.05, 0.1) is 14.2 Å². The molecule has 0 radical (unpaired) electrons. The van der Waals surface area contributed by atoms with Crippen molar-refractivity contribution in [2.24, 2.45) is 0 Å². The normalized spacial score (nSPS) is 10.6. The van der Waals surface area contributed by atoms with E-state index < -0.39 is 5.97 Å². The van der Waals surface area contributed by atoms with Crippen molar-refractivity contribution in [1.82, 2.24) is 0 Å². The third kappa shape index (κ3) is 9.53. The summed E-state index contributed by atoms with van der Waals surface area (Å²) in [5.41, 5.74) is 8.93. The minimum absolute atomic E-state index is 0.316. The lowest BCUT2D eigenvalue weighted by Crippen LogP contribution is -2.09. The van der Waals surface area contributed by atoms with Crippen molar-refractivity contribution < 1.29 is 19.4 Å². The van der Waals surface area contributed by atoms with Crippen molar-refractivity contribution >= 4 is 41.3 Å². The predicted molar refractivity (Wildman–Crippen MR) is 216 cm³/mol. The van der Waals surface area contributed by atoms with Gasteiger partial charge in [-0.2, -0.15) is 5.26 Å². The maximum absolute atomic E-state index is 11.0. The van der Waals surface area contributed by atoms with Crippen LogP contribution in [-0.4, -0.2) is 25.3 Å². The zero-order valence-corrected chi connectivity index (χ0v) is 29.7. The van der Waals surface area contributed by atoms with E-state index in [0.717, 1.165) is 61.9 Å². The molecule has 6 heteroatoms. The van der Waals surface area contributed by atoms with Gasteiger partial charge in [-0.3, -0.25) is 0 Å². The third-order valence-electron chi connectivity index (χ3n) is 8.35. The average Bonchev–Trinajstić information content (AvgIpc) is 3.22. The van der Waals surface area contributed by atoms with Gasteiger partial charge in [-0.05, 0) is 132 Å². The first kappa shape index (κ1) is 36.1. The summed E-state index contributed by atoms with van der Waals surface area (Å²) in [6.45, 7) is 0. The van der Waals surface area contributed by atoms with E-state index in [1.54, 1.807) is 44.6 Å². The molecule has 0 saturated carbocycles. The van der Waals surface area contributed by atoms with Gasteiger partial charge in [-0.25, -0.2) is 4.79 Å². The Morgan fingerprint density at radius 2 is 0.833 bits per heavy atom. The van der Waals surface area contributed by atoms with Crippen LogP contribution in [0.1, 0.15) is 38.9 Å². The quantitative estimate of drug-likeness (QED) is 0.0699. The second-order valence-corrected chi connectivity index (χ2v) is 12.0. The Balaban J connectivity index is 1.07. The first-order chi connectivity index (χ1) is 26.4. The van der Waals surface area contributed by atoms with Crippen molar-refractivity contribution in [2.45, 2.75) is 0 Å². The third-order valence-corrected chi connectivity index (χ3v) is 8.35. The number of rotatable bonds is 9. The monoisotopic (exact) mass is 702 g/mol. The van der Waals surface area contributed by atoms with Crippen molar-refractivity contribution in [3.8, 4) is 41.2 Å². The second kappa shape index (κ2) is 17.5. The molecule has 6 aromatic rings. The summed E-state index contributed by atoms with van der Waals surface area (Å²) < 4.78 is 10.7. The maximum atomic E-state index is 11.0. The SMILES string of the molecule is COc1ccc(N(c2ccc(C#Cc3ccc(/C=C/c4ccc(C#Cc5ccc(/C=C(/C#N)C(=O)O)cc5)cc4)cc3)cc2)c2ccc(OC)cc2)cc1. The molecule has 0 fully saturated rings. The van der Waals surface area contributed by atoms with Gasteiger partial charge in [0.1, 0.15) is 23.1 Å². The van der Waals surface area contributed by atoms with Crippen LogP contribution in [0.3, 0.4) is 0 Å². The number of nitriles is 1. The van der Waals surface area contributed by atoms with Crippen molar-refractivity contribution in [2.75, 3.05) is 19.1 Å². The molecule has 0 aromatic heterocycles. The van der Waals surface area contributed by atoms with E-state index in [0.29, 0.717) is 5.56 Å². The first-order valence-electron chi connectivity index (χ1n) is 17.0. The lowest BCUT2D eigenvalue weighted by atomic mass is 10.1. The summed E-state index contributed by atoms with van der Waals surface area (Å²) in [6.07, 6.45) is 5.45. The number of aliphatic carboxylic acids is 1. The minimum atomic E-state index is -1.25. The molecule has 6 aromatic carbocycles. The Morgan fingerprint density at radius 3 is 1.15 bits per heavy atom. The van der Waals surface area contributed by atoms with Crippen LogP contribution in [-0.2, 0) is 4.79 Å². The fourth-order valence-corrected chi connectivity index (χ4v) is 5.41. The van der Waals surface area contributed by atoms with Crippen molar-refractivity contribution in [1.29, 1.82) is 5.26 Å². The fraction of sp³-hybridized carbons (Fsp3) is 0.0417. The summed E-state index contributed by atoms with van der Waals surface area (Å²) in [4.78, 5) is 13.2. The molecule has 54 heavy (non-hydrogen) atoms. The Morgan fingerprint density at radius 1 is 0.519 bits per heavy atom. The summed E-state index contributed by atoms with van der Waals surface area (Å²) in [5.74, 6) is 13.2. The molecule has 0 spiro atoms. The first-order valence-corrected chi connectivity index (χ1v) is 17.0. The van der Waals surface area contributed by atoms with Crippen LogP contribution in [0.25, 0.3) is 18.2 Å². The lowest BCUT2D eigenvalue weighted by molar-refractivity contribution is -0.132. The van der Waals surface area contributed by atoms with Crippen LogP contribution < -0.4 is 14.4 Å². The standard InChI is InChI=1S/C48H34N2O4/c1-53-46-29-25-44(26-30-46)50(45-27-31-47(54-2)32-28-45)43-23-21-40(22-24-43)16-15-38-11-9-36(10-12-38)4-3-35-5-7-37(8-6-35)13-14-39-17-19-41(20-18-39)33-42(34-49)48(51)52/h3-12,17-33H,1-2H3,(H,51,52)/b4-3+,42-33-. The van der Waals surface area contributed by atoms with E-state index in [4.69, 9.17) is 19.8 Å². The fourth-order valence-electron chi connectivity index (χ4n) is 5.41. The molecule has 1 N–H and O–H groups in total. The maximum Gasteiger partial charge on any atom is 0.346 e. The Kier molecular flexibility index (Phi) is 11.7. The van der Waals surface area contributed by atoms with Crippen molar-refractivity contribution in [3.05, 3.63) is 190 Å². The molecule has 260 valence electrons. The molecule has 0 aliphatic heterocycles. The highest BCUT2D eigenvalue weighted by atomic mass is 16.5. The smallest absolute Gasteiger partial charge is 0.346 e. The van der Waals surface area contributed by atoms with Gasteiger partial charge in [0.25, 0.3) is 0 Å². The zero-order chi connectivity index (χ0) is 37.7. The van der Waals surface area contributed by atoms with E-state index in [-0.39, 0.29) is 5.57 Å². The summed E-state index contributed by atoms with van der Waals surface area (Å²) in [5, 5.41) is 18.0. The summed E-state index contributed by atoms with van der Waals surface area (Å²) in [6, 6.07) is 49.0. The largest absolute Gasteiger partial charge is 0.497 e. The van der Waals surface area contributed by atoms with Gasteiger partial charge in [0, 0.05) is 39.3 Å². The highest BCUT2D eigenvalue weighted by Crippen LogP contribution is 2.36. The van der Waals surface area contributed by atoms with E-state index in [1.807, 2.05) is 97.1 Å². The second-order valence-electron chi connectivity index (χ2n) is 12.0. The number of hydrogen-bond acceptors (Lipinski definition) is 5. The highest BCUT2D eigenvalue weighted by molar-refractivity contribution is 5.96. The van der Waals surface area contributed by atoms with Crippen LogP contribution in [0.4, 0.5) is 17.1 Å². The molecule has 6 nitrogen and oxygen atoms in total. The number of ether oxygens (including phenoxy) is 2. The Labute approximate surface area is 315 Å². The zero-order valence-electron chi connectivity index (χ0n) is 29.7. The van der Waals surface area contributed by atoms with Gasteiger partial charge in [0.2, 0.25) is 0 Å². The molecule has 0 aliphatic rings. The molecule has 0 saturated heterocycles. The van der Waals surface area contributed by atoms with Gasteiger partial charge in [-0.15, -0.1) is 0 Å². The number of carbonyl (C=O) groups is 1. The highest BCUT2D eigenvalue weighted by Gasteiger charge is 2.13. The topological polar surface area (TPSA) is 82.8 Å². The van der Waals surface area contributed by atoms with Crippen LogP contribution in [0.5, 0.6) is 11.5 Å². The molecular weight excluding hydrogens is 669 g/mol. The van der Waals surface area contributed by atoms with E-state index in [1.165, 1.54) is 6.08 Å². The van der Waals surface area contributed by atoms with Gasteiger partial charge in [0.15, 0.2) is 0 Å². The van der Waals surface area contributed by atoms with Crippen LogP contribution in [0, 0.1) is 35.0 Å². The Bertz CT molecular complexity index is 2400. The molecular formula is C48H34N2O4. The minimum Gasteiger partial charge on any atom is -0.497 e. The predicted octanol–water partition coefficient (Wildman–Crippen LogP) is 10.1. The van der Waals surface area contributed by atoms with E-state index >= 15 is 0 Å². The summed E-state index contributed by atoms with van der Waals surface area (Å²) in [7, 11) is 3.32. The molecule has 0 heterocycles. The lowest BCUT2D eigenvalue weighted by Gasteiger charge is -2.25. The molecule has 0 bridgehead atoms. The van der Waals surface area contributed by atoms with Crippen LogP contribution in [0.15, 0.2) is 151 Å². The number of carboxylic acid groups (broad SMARTS) is 1. The number of hydrogen-bond donors (Lipinski definition) is 1. The number of methoxy groups -OCH3 is 2. The van der Waals surface area contributed by atoms with Crippen LogP contribution in [0.2, 0.25) is 0 Å². The number of anilines is 3.